The standard InChI is InChI=1S/C24H32N4O3/c1-15(2)21(27-22(29)16(3)25-4)24(31)28-14-8-13-20(28)23(30)26-19-12-7-10-17-9-5-6-11-18(17)19/h5-7,9-12,15-16,20-21,25H,8,13-14H2,1-4H3,(H,26,30)(H,27,29)/t16-,20+,21+/m1/s1. The van der Waals surface area contributed by atoms with E-state index in [2.05, 4.69) is 16.0 Å². The van der Waals surface area contributed by atoms with E-state index in [1.807, 2.05) is 56.3 Å². The van der Waals surface area contributed by atoms with Crippen molar-refractivity contribution in [2.75, 3.05) is 18.9 Å². The first-order valence-electron chi connectivity index (χ1n) is 10.9. The van der Waals surface area contributed by atoms with E-state index in [1.54, 1.807) is 18.9 Å². The lowest BCUT2D eigenvalue weighted by atomic mass is 10.0. The number of hydrogen-bond acceptors (Lipinski definition) is 4. The van der Waals surface area contributed by atoms with Gasteiger partial charge in [-0.1, -0.05) is 50.2 Å². The van der Waals surface area contributed by atoms with Gasteiger partial charge < -0.3 is 20.9 Å². The summed E-state index contributed by atoms with van der Waals surface area (Å²) >= 11 is 0. The van der Waals surface area contributed by atoms with E-state index >= 15 is 0 Å². The van der Waals surface area contributed by atoms with Crippen LogP contribution in [0.25, 0.3) is 10.8 Å². The van der Waals surface area contributed by atoms with Crippen LogP contribution in [-0.4, -0.2) is 54.3 Å². The minimum atomic E-state index is -0.672. The maximum absolute atomic E-state index is 13.3. The maximum Gasteiger partial charge on any atom is 0.247 e. The fourth-order valence-electron chi connectivity index (χ4n) is 3.96. The molecule has 0 aliphatic carbocycles. The normalized spacial score (nSPS) is 18.1. The van der Waals surface area contributed by atoms with Crippen LogP contribution < -0.4 is 16.0 Å². The number of likely N-dealkylation sites (N-methyl/N-ethyl adjacent to an activating group) is 1. The van der Waals surface area contributed by atoms with Crippen LogP contribution in [0.4, 0.5) is 5.69 Å². The zero-order valence-electron chi connectivity index (χ0n) is 18.6. The average Bonchev–Trinajstić information content (AvgIpc) is 3.26. The second-order valence-electron chi connectivity index (χ2n) is 8.45. The summed E-state index contributed by atoms with van der Waals surface area (Å²) in [6.45, 7) is 6.04. The number of likely N-dealkylation sites (tertiary alicyclic amines) is 1. The molecular weight excluding hydrogens is 392 g/mol. The van der Waals surface area contributed by atoms with E-state index in [4.69, 9.17) is 0 Å². The Morgan fingerprint density at radius 3 is 2.45 bits per heavy atom. The third-order valence-electron chi connectivity index (χ3n) is 5.94. The second-order valence-corrected chi connectivity index (χ2v) is 8.45. The number of amides is 3. The third-order valence-corrected chi connectivity index (χ3v) is 5.94. The topological polar surface area (TPSA) is 90.5 Å². The summed E-state index contributed by atoms with van der Waals surface area (Å²) in [5.41, 5.74) is 0.735. The smallest absolute Gasteiger partial charge is 0.247 e. The summed E-state index contributed by atoms with van der Waals surface area (Å²) in [5.74, 6) is -0.727. The van der Waals surface area contributed by atoms with Gasteiger partial charge in [0.2, 0.25) is 17.7 Å². The molecule has 0 saturated carbocycles. The molecule has 1 aliphatic rings. The molecule has 3 N–H and O–H groups in total. The molecule has 0 radical (unpaired) electrons. The molecule has 0 spiro atoms. The Hall–Kier alpha value is -2.93. The molecule has 1 aliphatic heterocycles. The fourth-order valence-corrected chi connectivity index (χ4v) is 3.96. The Bertz CT molecular complexity index is 953. The number of hydrogen-bond donors (Lipinski definition) is 3. The predicted molar refractivity (Wildman–Crippen MR) is 123 cm³/mol. The molecule has 0 unspecified atom stereocenters. The highest BCUT2D eigenvalue weighted by molar-refractivity contribution is 6.05. The van der Waals surface area contributed by atoms with E-state index < -0.39 is 18.1 Å². The molecule has 1 saturated heterocycles. The van der Waals surface area contributed by atoms with Crippen LogP contribution >= 0.6 is 0 Å². The summed E-state index contributed by atoms with van der Waals surface area (Å²) < 4.78 is 0. The Morgan fingerprint density at radius 2 is 1.74 bits per heavy atom. The predicted octanol–water partition coefficient (Wildman–Crippen LogP) is 2.52. The summed E-state index contributed by atoms with van der Waals surface area (Å²) in [6.07, 6.45) is 1.36. The van der Waals surface area contributed by atoms with Crippen molar-refractivity contribution in [3.8, 4) is 0 Å². The molecule has 2 aromatic rings. The Kier molecular flexibility index (Phi) is 7.28. The summed E-state index contributed by atoms with van der Waals surface area (Å²) in [5, 5.41) is 10.8. The van der Waals surface area contributed by atoms with Crippen molar-refractivity contribution in [3.05, 3.63) is 42.5 Å². The molecule has 7 heteroatoms. The fraction of sp³-hybridized carbons (Fsp3) is 0.458. The lowest BCUT2D eigenvalue weighted by Gasteiger charge is -2.31. The molecule has 2 aromatic carbocycles. The van der Waals surface area contributed by atoms with Crippen LogP contribution in [0.2, 0.25) is 0 Å². The van der Waals surface area contributed by atoms with E-state index in [1.165, 1.54) is 0 Å². The monoisotopic (exact) mass is 424 g/mol. The van der Waals surface area contributed by atoms with Gasteiger partial charge in [0.25, 0.3) is 0 Å². The van der Waals surface area contributed by atoms with Gasteiger partial charge in [-0.15, -0.1) is 0 Å². The molecule has 3 amide bonds. The number of nitrogens with one attached hydrogen (secondary N) is 3. The molecule has 1 fully saturated rings. The first-order chi connectivity index (χ1) is 14.8. The van der Waals surface area contributed by atoms with Gasteiger partial charge in [-0.2, -0.15) is 0 Å². The number of nitrogens with zero attached hydrogens (tertiary/aromatic N) is 1. The van der Waals surface area contributed by atoms with Crippen LogP contribution in [0.1, 0.15) is 33.6 Å². The summed E-state index contributed by atoms with van der Waals surface area (Å²) in [6, 6.07) is 12.0. The van der Waals surface area contributed by atoms with Gasteiger partial charge >= 0.3 is 0 Å². The largest absolute Gasteiger partial charge is 0.343 e. The highest BCUT2D eigenvalue weighted by atomic mass is 16.2. The second kappa shape index (κ2) is 9.92. The maximum atomic E-state index is 13.3. The van der Waals surface area contributed by atoms with Gasteiger partial charge in [0.05, 0.1) is 6.04 Å². The third kappa shape index (κ3) is 5.05. The zero-order chi connectivity index (χ0) is 22.5. The van der Waals surface area contributed by atoms with E-state index in [9.17, 15) is 14.4 Å². The Morgan fingerprint density at radius 1 is 1.03 bits per heavy atom. The van der Waals surface area contributed by atoms with Crippen molar-refractivity contribution in [1.82, 2.24) is 15.5 Å². The van der Waals surface area contributed by atoms with Crippen molar-refractivity contribution in [1.29, 1.82) is 0 Å². The zero-order valence-corrected chi connectivity index (χ0v) is 18.6. The molecule has 0 aromatic heterocycles. The van der Waals surface area contributed by atoms with Crippen molar-refractivity contribution in [2.45, 2.75) is 51.7 Å². The van der Waals surface area contributed by atoms with Crippen molar-refractivity contribution < 1.29 is 14.4 Å². The van der Waals surface area contributed by atoms with Gasteiger partial charge in [0, 0.05) is 17.6 Å². The Labute approximate surface area is 183 Å². The van der Waals surface area contributed by atoms with Crippen LogP contribution in [0, 0.1) is 5.92 Å². The van der Waals surface area contributed by atoms with Gasteiger partial charge in [0.1, 0.15) is 12.1 Å². The molecule has 3 atom stereocenters. The number of carbonyl (C=O) groups is 3. The van der Waals surface area contributed by atoms with E-state index in [0.717, 1.165) is 22.9 Å². The Balaban J connectivity index is 1.76. The highest BCUT2D eigenvalue weighted by Crippen LogP contribution is 2.26. The molecule has 7 nitrogen and oxygen atoms in total. The van der Waals surface area contributed by atoms with E-state index in [0.29, 0.717) is 13.0 Å². The number of anilines is 1. The number of benzene rings is 2. The van der Waals surface area contributed by atoms with Gasteiger partial charge in [0.15, 0.2) is 0 Å². The van der Waals surface area contributed by atoms with Crippen molar-refractivity contribution >= 4 is 34.2 Å². The van der Waals surface area contributed by atoms with Gasteiger partial charge in [-0.05, 0) is 44.2 Å². The molecular formula is C24H32N4O3. The quantitative estimate of drug-likeness (QED) is 0.637. The molecule has 0 bridgehead atoms. The first kappa shape index (κ1) is 22.7. The molecule has 1 heterocycles. The number of fused-ring (bicyclic) bond motifs is 1. The van der Waals surface area contributed by atoms with E-state index in [-0.39, 0.29) is 23.6 Å². The summed E-state index contributed by atoms with van der Waals surface area (Å²) in [7, 11) is 1.70. The summed E-state index contributed by atoms with van der Waals surface area (Å²) in [4.78, 5) is 40.5. The van der Waals surface area contributed by atoms with Crippen LogP contribution in [0.5, 0.6) is 0 Å². The minimum Gasteiger partial charge on any atom is -0.343 e. The lowest BCUT2D eigenvalue weighted by molar-refractivity contribution is -0.141. The van der Waals surface area contributed by atoms with Crippen LogP contribution in [0.15, 0.2) is 42.5 Å². The van der Waals surface area contributed by atoms with Crippen LogP contribution in [-0.2, 0) is 14.4 Å². The molecule has 3 rings (SSSR count). The number of rotatable bonds is 7. The first-order valence-corrected chi connectivity index (χ1v) is 10.9. The van der Waals surface area contributed by atoms with Crippen LogP contribution in [0.3, 0.4) is 0 Å². The van der Waals surface area contributed by atoms with Crippen molar-refractivity contribution in [3.63, 3.8) is 0 Å². The minimum absolute atomic E-state index is 0.0946. The number of carbonyl (C=O) groups excluding carboxylic acids is 3. The average molecular weight is 425 g/mol. The lowest BCUT2D eigenvalue weighted by Crippen LogP contribution is -2.56. The van der Waals surface area contributed by atoms with Gasteiger partial charge in [-0.3, -0.25) is 14.4 Å². The SMILES string of the molecule is CN[C@H](C)C(=O)N[C@H](C(=O)N1CCC[C@H]1C(=O)Nc1cccc2ccccc12)C(C)C. The molecule has 31 heavy (non-hydrogen) atoms. The highest BCUT2D eigenvalue weighted by Gasteiger charge is 2.39. The van der Waals surface area contributed by atoms with Crippen molar-refractivity contribution in [2.24, 2.45) is 5.92 Å². The van der Waals surface area contributed by atoms with Gasteiger partial charge in [-0.25, -0.2) is 0 Å². The molecule has 166 valence electrons.